The van der Waals surface area contributed by atoms with Gasteiger partial charge in [0.15, 0.2) is 0 Å². The van der Waals surface area contributed by atoms with Crippen molar-refractivity contribution in [1.29, 1.82) is 0 Å². The van der Waals surface area contributed by atoms with Crippen LogP contribution in [0.2, 0.25) is 0 Å². The summed E-state index contributed by atoms with van der Waals surface area (Å²) in [7, 11) is 3.46. The van der Waals surface area contributed by atoms with Crippen molar-refractivity contribution < 1.29 is 14.3 Å². The monoisotopic (exact) mass is 316 g/mol. The highest BCUT2D eigenvalue weighted by Crippen LogP contribution is 2.35. The number of carbonyl (C=O) groups excluding carboxylic acids is 2. The van der Waals surface area contributed by atoms with Gasteiger partial charge in [-0.2, -0.15) is 0 Å². The van der Waals surface area contributed by atoms with Gasteiger partial charge in [-0.25, -0.2) is 0 Å². The Morgan fingerprint density at radius 3 is 2.83 bits per heavy atom. The number of methoxy groups -OCH3 is 1. The molecule has 3 rings (SSSR count). The second kappa shape index (κ2) is 6.60. The number of hydrogen-bond donors (Lipinski definition) is 0. The lowest BCUT2D eigenvalue weighted by Gasteiger charge is -2.33. The van der Waals surface area contributed by atoms with Gasteiger partial charge in [0.2, 0.25) is 11.8 Å². The van der Waals surface area contributed by atoms with Gasteiger partial charge in [-0.05, 0) is 37.0 Å². The van der Waals surface area contributed by atoms with E-state index in [9.17, 15) is 9.59 Å². The molecule has 0 N–H and O–H groups in total. The molecule has 2 aliphatic rings. The Morgan fingerprint density at radius 1 is 1.26 bits per heavy atom. The molecule has 2 heterocycles. The summed E-state index contributed by atoms with van der Waals surface area (Å²) in [5, 5.41) is 0. The summed E-state index contributed by atoms with van der Waals surface area (Å²) in [6.07, 6.45) is 3.09. The summed E-state index contributed by atoms with van der Waals surface area (Å²) < 4.78 is 5.30. The van der Waals surface area contributed by atoms with Gasteiger partial charge in [0.1, 0.15) is 5.75 Å². The van der Waals surface area contributed by atoms with Gasteiger partial charge in [0, 0.05) is 32.5 Å². The average Bonchev–Trinajstić information content (AvgIpc) is 3.06. The van der Waals surface area contributed by atoms with Crippen molar-refractivity contribution in [1.82, 2.24) is 9.80 Å². The number of hydrogen-bond acceptors (Lipinski definition) is 3. The SMILES string of the molecule is COc1cccc([C@H]2CCCN2C(=O)[C@H]2CCN(C)C(=O)C2)c1. The Hall–Kier alpha value is -2.04. The standard InChI is InChI=1S/C18H24N2O3/c1-19-10-8-14(12-17(19)21)18(22)20-9-4-7-16(20)13-5-3-6-15(11-13)23-2/h3,5-6,11,14,16H,4,7-10,12H2,1-2H3/t14-,16+/m0/s1. The first-order chi connectivity index (χ1) is 11.1. The van der Waals surface area contributed by atoms with Crippen molar-refractivity contribution in [3.05, 3.63) is 29.8 Å². The van der Waals surface area contributed by atoms with E-state index in [0.29, 0.717) is 13.0 Å². The largest absolute Gasteiger partial charge is 0.497 e. The summed E-state index contributed by atoms with van der Waals surface area (Å²) in [5.41, 5.74) is 1.12. The molecule has 1 aromatic carbocycles. The van der Waals surface area contributed by atoms with Gasteiger partial charge in [-0.15, -0.1) is 0 Å². The van der Waals surface area contributed by atoms with Gasteiger partial charge in [0.25, 0.3) is 0 Å². The van der Waals surface area contributed by atoms with E-state index in [4.69, 9.17) is 4.74 Å². The van der Waals surface area contributed by atoms with Crippen molar-refractivity contribution in [3.8, 4) is 5.75 Å². The first-order valence-corrected chi connectivity index (χ1v) is 8.28. The maximum absolute atomic E-state index is 12.9. The molecule has 5 heteroatoms. The Balaban J connectivity index is 1.75. The van der Waals surface area contributed by atoms with Crippen LogP contribution in [0.25, 0.3) is 0 Å². The maximum Gasteiger partial charge on any atom is 0.226 e. The molecule has 2 saturated heterocycles. The van der Waals surface area contributed by atoms with Crippen molar-refractivity contribution >= 4 is 11.8 Å². The third-order valence-electron chi connectivity index (χ3n) is 5.02. The van der Waals surface area contributed by atoms with E-state index in [1.165, 1.54) is 0 Å². The van der Waals surface area contributed by atoms with Crippen LogP contribution in [0.3, 0.4) is 0 Å². The quantitative estimate of drug-likeness (QED) is 0.859. The topological polar surface area (TPSA) is 49.9 Å². The first-order valence-electron chi connectivity index (χ1n) is 8.28. The molecule has 5 nitrogen and oxygen atoms in total. The molecule has 124 valence electrons. The zero-order chi connectivity index (χ0) is 16.4. The zero-order valence-corrected chi connectivity index (χ0v) is 13.8. The second-order valence-corrected chi connectivity index (χ2v) is 6.47. The smallest absolute Gasteiger partial charge is 0.226 e. The fraction of sp³-hybridized carbons (Fsp3) is 0.556. The van der Waals surface area contributed by atoms with Gasteiger partial charge >= 0.3 is 0 Å². The molecule has 0 unspecified atom stereocenters. The minimum absolute atomic E-state index is 0.0757. The fourth-order valence-electron chi connectivity index (χ4n) is 3.61. The minimum Gasteiger partial charge on any atom is -0.497 e. The Morgan fingerprint density at radius 2 is 2.09 bits per heavy atom. The van der Waals surface area contributed by atoms with Crippen LogP contribution in [0.15, 0.2) is 24.3 Å². The molecule has 0 saturated carbocycles. The minimum atomic E-state index is -0.162. The number of benzene rings is 1. The number of nitrogens with zero attached hydrogens (tertiary/aromatic N) is 2. The van der Waals surface area contributed by atoms with Crippen LogP contribution in [0, 0.1) is 5.92 Å². The normalized spacial score (nSPS) is 24.9. The summed E-state index contributed by atoms with van der Waals surface area (Å²) in [6.45, 7) is 1.45. The van der Waals surface area contributed by atoms with Gasteiger partial charge in [-0.3, -0.25) is 9.59 Å². The number of rotatable bonds is 3. The number of piperidine rings is 1. The van der Waals surface area contributed by atoms with E-state index in [0.717, 1.165) is 37.1 Å². The van der Waals surface area contributed by atoms with Gasteiger partial charge in [0.05, 0.1) is 13.2 Å². The lowest BCUT2D eigenvalue weighted by Crippen LogP contribution is -2.43. The number of carbonyl (C=O) groups is 2. The highest BCUT2D eigenvalue weighted by atomic mass is 16.5. The number of amides is 2. The van der Waals surface area contributed by atoms with Crippen LogP contribution in [-0.4, -0.2) is 48.9 Å². The molecule has 1 aromatic rings. The highest BCUT2D eigenvalue weighted by molar-refractivity contribution is 5.87. The Kier molecular flexibility index (Phi) is 4.55. The van der Waals surface area contributed by atoms with E-state index in [1.54, 1.807) is 19.1 Å². The van der Waals surface area contributed by atoms with Gasteiger partial charge < -0.3 is 14.5 Å². The van der Waals surface area contributed by atoms with Crippen LogP contribution in [0.4, 0.5) is 0 Å². The van der Waals surface area contributed by atoms with Gasteiger partial charge in [-0.1, -0.05) is 12.1 Å². The molecular formula is C18H24N2O3. The molecule has 23 heavy (non-hydrogen) atoms. The molecule has 0 spiro atoms. The Labute approximate surface area is 137 Å². The summed E-state index contributed by atoms with van der Waals surface area (Å²) in [6, 6.07) is 8.05. The maximum atomic E-state index is 12.9. The van der Waals surface area contributed by atoms with Crippen LogP contribution < -0.4 is 4.74 Å². The lowest BCUT2D eigenvalue weighted by atomic mass is 9.94. The first kappa shape index (κ1) is 15.8. The molecule has 2 amide bonds. The van der Waals surface area contributed by atoms with E-state index in [-0.39, 0.29) is 23.8 Å². The molecular weight excluding hydrogens is 292 g/mol. The molecule has 0 aliphatic carbocycles. The molecule has 2 atom stereocenters. The van der Waals surface area contributed by atoms with Crippen molar-refractivity contribution in [2.45, 2.75) is 31.7 Å². The van der Waals surface area contributed by atoms with E-state index in [2.05, 4.69) is 6.07 Å². The predicted molar refractivity (Wildman–Crippen MR) is 87.0 cm³/mol. The summed E-state index contributed by atoms with van der Waals surface area (Å²) in [5.74, 6) is 0.865. The van der Waals surface area contributed by atoms with Crippen molar-refractivity contribution in [2.75, 3.05) is 27.2 Å². The highest BCUT2D eigenvalue weighted by Gasteiger charge is 2.37. The van der Waals surface area contributed by atoms with Crippen molar-refractivity contribution in [2.24, 2.45) is 5.92 Å². The Bertz CT molecular complexity index is 602. The lowest BCUT2D eigenvalue weighted by molar-refractivity contribution is -0.145. The third kappa shape index (κ3) is 3.19. The van der Waals surface area contributed by atoms with E-state index in [1.807, 2.05) is 23.1 Å². The van der Waals surface area contributed by atoms with E-state index >= 15 is 0 Å². The molecule has 0 radical (unpaired) electrons. The number of likely N-dealkylation sites (tertiary alicyclic amines) is 2. The van der Waals surface area contributed by atoms with Crippen LogP contribution in [0.5, 0.6) is 5.75 Å². The summed E-state index contributed by atoms with van der Waals surface area (Å²) >= 11 is 0. The molecule has 0 bridgehead atoms. The fourth-order valence-corrected chi connectivity index (χ4v) is 3.61. The summed E-state index contributed by atoms with van der Waals surface area (Å²) in [4.78, 5) is 28.5. The second-order valence-electron chi connectivity index (χ2n) is 6.47. The van der Waals surface area contributed by atoms with E-state index < -0.39 is 0 Å². The average molecular weight is 316 g/mol. The molecule has 2 aliphatic heterocycles. The molecule has 0 aromatic heterocycles. The van der Waals surface area contributed by atoms with Crippen LogP contribution in [0.1, 0.15) is 37.3 Å². The van der Waals surface area contributed by atoms with Crippen LogP contribution in [-0.2, 0) is 9.59 Å². The molecule has 2 fully saturated rings. The van der Waals surface area contributed by atoms with Crippen molar-refractivity contribution in [3.63, 3.8) is 0 Å². The third-order valence-corrected chi connectivity index (χ3v) is 5.02. The predicted octanol–water partition coefficient (Wildman–Crippen LogP) is 2.23. The van der Waals surface area contributed by atoms with Crippen LogP contribution >= 0.6 is 0 Å². The number of ether oxygens (including phenoxy) is 1. The zero-order valence-electron chi connectivity index (χ0n) is 13.8.